The summed E-state index contributed by atoms with van der Waals surface area (Å²) in [5.74, 6) is -0.206. The second-order valence-corrected chi connectivity index (χ2v) is 7.17. The van der Waals surface area contributed by atoms with Crippen LogP contribution in [0.5, 0.6) is 0 Å². The van der Waals surface area contributed by atoms with Gasteiger partial charge in [-0.25, -0.2) is 0 Å². The number of aliphatic hydroxyl groups excluding tert-OH is 3. The number of hydrogen-bond donors (Lipinski definition) is 4. The van der Waals surface area contributed by atoms with Crippen molar-refractivity contribution in [1.82, 2.24) is 5.32 Å². The molecule has 1 heterocycles. The first kappa shape index (κ1) is 24.0. The van der Waals surface area contributed by atoms with E-state index in [1.165, 1.54) is 0 Å². The molecule has 8 heteroatoms. The van der Waals surface area contributed by atoms with Gasteiger partial charge < -0.3 is 30.1 Å². The van der Waals surface area contributed by atoms with Gasteiger partial charge in [0.2, 0.25) is 6.41 Å². The van der Waals surface area contributed by atoms with Crippen molar-refractivity contribution < 1.29 is 34.4 Å². The third-order valence-corrected chi connectivity index (χ3v) is 4.93. The lowest BCUT2D eigenvalue weighted by Gasteiger charge is -2.40. The van der Waals surface area contributed by atoms with Crippen LogP contribution in [0.4, 0.5) is 0 Å². The molecular weight excluding hydrogens is 354 g/mol. The maximum atomic E-state index is 11.9. The minimum Gasteiger partial charge on any atom is -0.394 e. The van der Waals surface area contributed by atoms with Crippen LogP contribution in [0.15, 0.2) is 0 Å². The van der Waals surface area contributed by atoms with Gasteiger partial charge in [-0.05, 0) is 19.3 Å². The Hall–Kier alpha value is -1.06. The predicted molar refractivity (Wildman–Crippen MR) is 98.9 cm³/mol. The maximum Gasteiger partial charge on any atom is 0.207 e. The summed E-state index contributed by atoms with van der Waals surface area (Å²) in [5, 5.41) is 31.6. The number of amides is 1. The highest BCUT2D eigenvalue weighted by Gasteiger charge is 2.42. The average Bonchev–Trinajstić information content (AvgIpc) is 2.67. The van der Waals surface area contributed by atoms with E-state index in [0.717, 1.165) is 32.1 Å². The fourth-order valence-electron chi connectivity index (χ4n) is 3.14. The van der Waals surface area contributed by atoms with Gasteiger partial charge in [-0.15, -0.1) is 0 Å². The third kappa shape index (κ3) is 9.12. The van der Waals surface area contributed by atoms with Crippen LogP contribution in [0.2, 0.25) is 0 Å². The summed E-state index contributed by atoms with van der Waals surface area (Å²) in [6.07, 6.45) is 3.56. The van der Waals surface area contributed by atoms with Gasteiger partial charge in [-0.3, -0.25) is 9.59 Å². The first-order valence-electron chi connectivity index (χ1n) is 9.94. The molecule has 1 amide bonds. The Bertz CT molecular complexity index is 419. The monoisotopic (exact) mass is 389 g/mol. The van der Waals surface area contributed by atoms with Crippen LogP contribution >= 0.6 is 0 Å². The largest absolute Gasteiger partial charge is 0.394 e. The number of Topliss-reactive ketones (excluding diaryl/α,β-unsaturated/α-hetero) is 1. The third-order valence-electron chi connectivity index (χ3n) is 4.93. The van der Waals surface area contributed by atoms with Crippen molar-refractivity contribution in [3.63, 3.8) is 0 Å². The fraction of sp³-hybridized carbons (Fsp3) is 0.895. The fourth-order valence-corrected chi connectivity index (χ4v) is 3.14. The standard InChI is InChI=1S/C19H35NO7/c1-14-17(24)18(25)16(12-21)27-19(14)26-11-7-9-15(23)8-5-3-2-4-6-10-20-13-22/h13-14,16-19,21,24-25H,2-12H2,1H3,(H,20,22). The van der Waals surface area contributed by atoms with E-state index in [1.54, 1.807) is 6.92 Å². The molecule has 158 valence electrons. The molecule has 0 aliphatic carbocycles. The molecule has 27 heavy (non-hydrogen) atoms. The van der Waals surface area contributed by atoms with Crippen LogP contribution in [-0.2, 0) is 19.1 Å². The topological polar surface area (TPSA) is 125 Å². The van der Waals surface area contributed by atoms with Crippen LogP contribution in [0.1, 0.15) is 58.3 Å². The van der Waals surface area contributed by atoms with Crippen molar-refractivity contribution in [2.24, 2.45) is 5.92 Å². The second-order valence-electron chi connectivity index (χ2n) is 7.17. The summed E-state index contributed by atoms with van der Waals surface area (Å²) in [6, 6.07) is 0. The number of rotatable bonds is 15. The molecule has 0 aromatic rings. The van der Waals surface area contributed by atoms with Crippen molar-refractivity contribution in [3.05, 3.63) is 0 Å². The summed E-state index contributed by atoms with van der Waals surface area (Å²) in [7, 11) is 0. The normalized spacial score (nSPS) is 28.1. The predicted octanol–water partition coefficient (Wildman–Crippen LogP) is 0.514. The Morgan fingerprint density at radius 3 is 2.44 bits per heavy atom. The van der Waals surface area contributed by atoms with Gasteiger partial charge in [0.25, 0.3) is 0 Å². The van der Waals surface area contributed by atoms with E-state index in [0.29, 0.717) is 38.8 Å². The zero-order valence-corrected chi connectivity index (χ0v) is 16.2. The molecule has 0 bridgehead atoms. The van der Waals surface area contributed by atoms with E-state index < -0.39 is 37.1 Å². The Kier molecular flexibility index (Phi) is 12.4. The van der Waals surface area contributed by atoms with E-state index in [4.69, 9.17) is 9.47 Å². The van der Waals surface area contributed by atoms with Gasteiger partial charge in [-0.1, -0.05) is 26.2 Å². The summed E-state index contributed by atoms with van der Waals surface area (Å²) >= 11 is 0. The first-order valence-corrected chi connectivity index (χ1v) is 9.94. The molecule has 1 fully saturated rings. The Balaban J connectivity index is 2.06. The lowest BCUT2D eigenvalue weighted by atomic mass is 9.92. The maximum absolute atomic E-state index is 11.9. The number of nitrogens with one attached hydrogen (secondary N) is 1. The zero-order chi connectivity index (χ0) is 20.1. The van der Waals surface area contributed by atoms with E-state index in [1.807, 2.05) is 0 Å². The van der Waals surface area contributed by atoms with Gasteiger partial charge in [0.15, 0.2) is 6.29 Å². The molecular formula is C19H35NO7. The van der Waals surface area contributed by atoms with Crippen LogP contribution in [0, 0.1) is 5.92 Å². The lowest BCUT2D eigenvalue weighted by Crippen LogP contribution is -2.55. The van der Waals surface area contributed by atoms with Crippen LogP contribution in [0.3, 0.4) is 0 Å². The number of ketones is 1. The number of unbranched alkanes of at least 4 members (excludes halogenated alkanes) is 4. The molecule has 0 aromatic heterocycles. The molecule has 0 aromatic carbocycles. The smallest absolute Gasteiger partial charge is 0.207 e. The molecule has 1 rings (SSSR count). The van der Waals surface area contributed by atoms with Gasteiger partial charge in [0, 0.05) is 25.3 Å². The minimum absolute atomic E-state index is 0.211. The molecule has 5 unspecified atom stereocenters. The number of ether oxygens (including phenoxy) is 2. The van der Waals surface area contributed by atoms with Crippen molar-refractivity contribution in [3.8, 4) is 0 Å². The Labute approximate surface area is 161 Å². The molecule has 0 spiro atoms. The molecule has 1 aliphatic rings. The van der Waals surface area contributed by atoms with Crippen LogP contribution in [0.25, 0.3) is 0 Å². The summed E-state index contributed by atoms with van der Waals surface area (Å²) in [5.41, 5.74) is 0. The SMILES string of the molecule is CC1C(OCCCC(=O)CCCCCCCNC=O)OC(CO)C(O)C1O. The van der Waals surface area contributed by atoms with Crippen molar-refractivity contribution >= 4 is 12.2 Å². The Morgan fingerprint density at radius 2 is 1.74 bits per heavy atom. The van der Waals surface area contributed by atoms with E-state index >= 15 is 0 Å². The molecule has 0 radical (unpaired) electrons. The summed E-state index contributed by atoms with van der Waals surface area (Å²) in [4.78, 5) is 22.0. The summed E-state index contributed by atoms with van der Waals surface area (Å²) < 4.78 is 11.1. The first-order chi connectivity index (χ1) is 13.0. The highest BCUT2D eigenvalue weighted by Crippen LogP contribution is 2.26. The summed E-state index contributed by atoms with van der Waals surface area (Å²) in [6.45, 7) is 2.36. The number of carbonyl (C=O) groups excluding carboxylic acids is 2. The van der Waals surface area contributed by atoms with E-state index in [-0.39, 0.29) is 5.78 Å². The van der Waals surface area contributed by atoms with Crippen LogP contribution in [-0.4, -0.2) is 71.9 Å². The van der Waals surface area contributed by atoms with Crippen molar-refractivity contribution in [1.29, 1.82) is 0 Å². The van der Waals surface area contributed by atoms with Gasteiger partial charge in [-0.2, -0.15) is 0 Å². The molecule has 8 nitrogen and oxygen atoms in total. The quantitative estimate of drug-likeness (QED) is 0.238. The van der Waals surface area contributed by atoms with Crippen molar-refractivity contribution in [2.45, 2.75) is 82.9 Å². The lowest BCUT2D eigenvalue weighted by molar-refractivity contribution is -0.282. The van der Waals surface area contributed by atoms with Gasteiger partial charge in [0.05, 0.1) is 19.3 Å². The molecule has 5 atom stereocenters. The second kappa shape index (κ2) is 14.0. The van der Waals surface area contributed by atoms with Gasteiger partial charge in [0.1, 0.15) is 18.0 Å². The van der Waals surface area contributed by atoms with Crippen LogP contribution < -0.4 is 5.32 Å². The molecule has 0 saturated carbocycles. The molecule has 1 saturated heterocycles. The Morgan fingerprint density at radius 1 is 1.07 bits per heavy atom. The van der Waals surface area contributed by atoms with E-state index in [2.05, 4.69) is 5.32 Å². The van der Waals surface area contributed by atoms with Crippen molar-refractivity contribution in [2.75, 3.05) is 19.8 Å². The molecule has 4 N–H and O–H groups in total. The molecule has 1 aliphatic heterocycles. The number of carbonyl (C=O) groups is 2. The average molecular weight is 389 g/mol. The van der Waals surface area contributed by atoms with E-state index in [9.17, 15) is 24.9 Å². The number of hydrogen-bond acceptors (Lipinski definition) is 7. The van der Waals surface area contributed by atoms with Gasteiger partial charge >= 0.3 is 0 Å². The highest BCUT2D eigenvalue weighted by atomic mass is 16.7. The highest BCUT2D eigenvalue weighted by molar-refractivity contribution is 5.78. The number of aliphatic hydroxyl groups is 3. The zero-order valence-electron chi connectivity index (χ0n) is 16.2. The minimum atomic E-state index is -1.13.